The van der Waals surface area contributed by atoms with Crippen LogP contribution in [0.1, 0.15) is 12.5 Å². The van der Waals surface area contributed by atoms with Gasteiger partial charge in [0.2, 0.25) is 0 Å². The summed E-state index contributed by atoms with van der Waals surface area (Å²) in [7, 11) is 0. The summed E-state index contributed by atoms with van der Waals surface area (Å²) in [5.74, 6) is 1.61. The average molecular weight is 344 g/mol. The van der Waals surface area contributed by atoms with Gasteiger partial charge in [-0.1, -0.05) is 18.2 Å². The SMILES string of the molecule is CC(N)Cc1ccccc1Oc1ccc2c(cnn2-c2cccnc2)c1. The molecule has 2 heterocycles. The number of fused-ring (bicyclic) bond motifs is 1. The first kappa shape index (κ1) is 16.3. The predicted molar refractivity (Wildman–Crippen MR) is 103 cm³/mol. The van der Waals surface area contributed by atoms with Gasteiger partial charge in [0, 0.05) is 17.6 Å². The highest BCUT2D eigenvalue weighted by Crippen LogP contribution is 2.29. The van der Waals surface area contributed by atoms with Crippen molar-refractivity contribution in [3.63, 3.8) is 0 Å². The Morgan fingerprint density at radius 1 is 1.08 bits per heavy atom. The number of hydrogen-bond acceptors (Lipinski definition) is 4. The fraction of sp³-hybridized carbons (Fsp3) is 0.143. The molecule has 0 saturated carbocycles. The monoisotopic (exact) mass is 344 g/mol. The maximum atomic E-state index is 6.13. The molecular formula is C21H20N4O. The number of nitrogens with two attached hydrogens (primary N) is 1. The highest BCUT2D eigenvalue weighted by atomic mass is 16.5. The molecule has 2 aromatic heterocycles. The lowest BCUT2D eigenvalue weighted by atomic mass is 10.1. The Morgan fingerprint density at radius 2 is 1.96 bits per heavy atom. The first-order valence-electron chi connectivity index (χ1n) is 8.60. The van der Waals surface area contributed by atoms with Gasteiger partial charge in [-0.3, -0.25) is 4.98 Å². The lowest BCUT2D eigenvalue weighted by molar-refractivity contribution is 0.474. The number of benzene rings is 2. The molecule has 0 spiro atoms. The molecule has 0 fully saturated rings. The molecule has 1 atom stereocenters. The van der Waals surface area contributed by atoms with E-state index in [0.29, 0.717) is 0 Å². The van der Waals surface area contributed by atoms with Crippen LogP contribution in [-0.2, 0) is 6.42 Å². The fourth-order valence-corrected chi connectivity index (χ4v) is 3.01. The van der Waals surface area contributed by atoms with E-state index in [2.05, 4.69) is 16.1 Å². The third-order valence-electron chi connectivity index (χ3n) is 4.17. The number of pyridine rings is 1. The lowest BCUT2D eigenvalue weighted by Gasteiger charge is -2.13. The van der Waals surface area contributed by atoms with Gasteiger partial charge in [-0.15, -0.1) is 0 Å². The largest absolute Gasteiger partial charge is 0.457 e. The van der Waals surface area contributed by atoms with Crippen LogP contribution in [0.2, 0.25) is 0 Å². The van der Waals surface area contributed by atoms with Gasteiger partial charge in [-0.05, 0) is 55.3 Å². The highest BCUT2D eigenvalue weighted by molar-refractivity contribution is 5.81. The van der Waals surface area contributed by atoms with Gasteiger partial charge < -0.3 is 10.5 Å². The van der Waals surface area contributed by atoms with Gasteiger partial charge in [-0.25, -0.2) is 4.68 Å². The number of aromatic nitrogens is 3. The van der Waals surface area contributed by atoms with Gasteiger partial charge in [0.15, 0.2) is 0 Å². The summed E-state index contributed by atoms with van der Waals surface area (Å²) in [6.45, 7) is 2.00. The van der Waals surface area contributed by atoms with E-state index < -0.39 is 0 Å². The van der Waals surface area contributed by atoms with Gasteiger partial charge in [0.05, 0.1) is 23.6 Å². The van der Waals surface area contributed by atoms with Crippen molar-refractivity contribution in [2.75, 3.05) is 0 Å². The third kappa shape index (κ3) is 3.30. The molecule has 4 aromatic rings. The lowest BCUT2D eigenvalue weighted by Crippen LogP contribution is -2.18. The first-order valence-corrected chi connectivity index (χ1v) is 8.60. The quantitative estimate of drug-likeness (QED) is 0.592. The van der Waals surface area contributed by atoms with E-state index in [1.54, 1.807) is 12.4 Å². The van der Waals surface area contributed by atoms with Crippen LogP contribution in [0.15, 0.2) is 73.2 Å². The molecular weight excluding hydrogens is 324 g/mol. The number of hydrogen-bond donors (Lipinski definition) is 1. The maximum absolute atomic E-state index is 6.13. The Labute approximate surface area is 152 Å². The maximum Gasteiger partial charge on any atom is 0.130 e. The van der Waals surface area contributed by atoms with Gasteiger partial charge in [-0.2, -0.15) is 5.10 Å². The fourth-order valence-electron chi connectivity index (χ4n) is 3.01. The van der Waals surface area contributed by atoms with Gasteiger partial charge in [0.1, 0.15) is 11.5 Å². The standard InChI is InChI=1S/C21H20N4O/c1-15(22)11-16-5-2-3-7-21(16)26-19-8-9-20-17(12-19)13-24-25(20)18-6-4-10-23-14-18/h2-10,12-15H,11,22H2,1H3. The molecule has 130 valence electrons. The van der Waals surface area contributed by atoms with Crippen molar-refractivity contribution in [2.45, 2.75) is 19.4 Å². The minimum absolute atomic E-state index is 0.0833. The number of ether oxygens (including phenoxy) is 1. The van der Waals surface area contributed by atoms with Crippen LogP contribution in [0.4, 0.5) is 0 Å². The van der Waals surface area contributed by atoms with E-state index in [1.165, 1.54) is 0 Å². The van der Waals surface area contributed by atoms with Crippen molar-refractivity contribution >= 4 is 10.9 Å². The molecule has 1 unspecified atom stereocenters. The van der Waals surface area contributed by atoms with E-state index in [4.69, 9.17) is 10.5 Å². The molecule has 0 aliphatic rings. The second-order valence-electron chi connectivity index (χ2n) is 6.38. The highest BCUT2D eigenvalue weighted by Gasteiger charge is 2.09. The van der Waals surface area contributed by atoms with E-state index >= 15 is 0 Å². The van der Waals surface area contributed by atoms with E-state index in [-0.39, 0.29) is 6.04 Å². The Morgan fingerprint density at radius 3 is 2.77 bits per heavy atom. The van der Waals surface area contributed by atoms with Gasteiger partial charge in [0.25, 0.3) is 0 Å². The zero-order valence-electron chi connectivity index (χ0n) is 14.5. The van der Waals surface area contributed by atoms with Crippen molar-refractivity contribution in [3.05, 3.63) is 78.8 Å². The van der Waals surface area contributed by atoms with Crippen LogP contribution >= 0.6 is 0 Å². The second-order valence-corrected chi connectivity index (χ2v) is 6.38. The molecule has 2 aromatic carbocycles. The zero-order valence-corrected chi connectivity index (χ0v) is 14.5. The van der Waals surface area contributed by atoms with E-state index in [0.717, 1.165) is 40.1 Å². The van der Waals surface area contributed by atoms with E-state index in [1.807, 2.05) is 66.3 Å². The molecule has 4 rings (SSSR count). The predicted octanol–water partition coefficient (Wildman–Crippen LogP) is 4.10. The van der Waals surface area contributed by atoms with Crippen LogP contribution in [0, 0.1) is 0 Å². The van der Waals surface area contributed by atoms with E-state index in [9.17, 15) is 0 Å². The number of para-hydroxylation sites is 1. The molecule has 0 aliphatic heterocycles. The minimum Gasteiger partial charge on any atom is -0.457 e. The molecule has 26 heavy (non-hydrogen) atoms. The molecule has 0 saturated heterocycles. The van der Waals surface area contributed by atoms with Crippen molar-refractivity contribution in [3.8, 4) is 17.2 Å². The molecule has 5 nitrogen and oxygen atoms in total. The van der Waals surface area contributed by atoms with Crippen LogP contribution in [-0.4, -0.2) is 20.8 Å². The Balaban J connectivity index is 1.65. The summed E-state index contributed by atoms with van der Waals surface area (Å²) in [5.41, 5.74) is 8.99. The summed E-state index contributed by atoms with van der Waals surface area (Å²) in [5, 5.41) is 5.49. The summed E-state index contributed by atoms with van der Waals surface area (Å²) in [4.78, 5) is 4.16. The molecule has 2 N–H and O–H groups in total. The molecule has 0 bridgehead atoms. The van der Waals surface area contributed by atoms with Crippen molar-refractivity contribution in [2.24, 2.45) is 5.73 Å². The van der Waals surface area contributed by atoms with Crippen LogP contribution in [0.3, 0.4) is 0 Å². The van der Waals surface area contributed by atoms with Crippen LogP contribution in [0.5, 0.6) is 11.5 Å². The first-order chi connectivity index (χ1) is 12.7. The van der Waals surface area contributed by atoms with Gasteiger partial charge >= 0.3 is 0 Å². The molecule has 0 radical (unpaired) electrons. The number of rotatable bonds is 5. The zero-order chi connectivity index (χ0) is 17.9. The molecule has 0 aliphatic carbocycles. The number of nitrogens with zero attached hydrogens (tertiary/aromatic N) is 3. The van der Waals surface area contributed by atoms with Crippen molar-refractivity contribution in [1.82, 2.24) is 14.8 Å². The van der Waals surface area contributed by atoms with Crippen molar-refractivity contribution in [1.29, 1.82) is 0 Å². The van der Waals surface area contributed by atoms with Crippen LogP contribution < -0.4 is 10.5 Å². The Kier molecular flexibility index (Phi) is 4.37. The summed E-state index contributed by atoms with van der Waals surface area (Å²) < 4.78 is 8.00. The van der Waals surface area contributed by atoms with Crippen molar-refractivity contribution < 1.29 is 4.74 Å². The summed E-state index contributed by atoms with van der Waals surface area (Å²) in [6, 6.07) is 17.9. The molecule has 5 heteroatoms. The van der Waals surface area contributed by atoms with Crippen LogP contribution in [0.25, 0.3) is 16.6 Å². The second kappa shape index (κ2) is 6.98. The third-order valence-corrected chi connectivity index (χ3v) is 4.17. The summed E-state index contributed by atoms with van der Waals surface area (Å²) in [6.07, 6.45) is 6.16. The minimum atomic E-state index is 0.0833. The summed E-state index contributed by atoms with van der Waals surface area (Å²) >= 11 is 0. The normalized spacial score (nSPS) is 12.2. The molecule has 0 amide bonds. The average Bonchev–Trinajstić information content (AvgIpc) is 3.07. The Bertz CT molecular complexity index is 1020. The topological polar surface area (TPSA) is 66.0 Å². The Hall–Kier alpha value is -3.18. The smallest absolute Gasteiger partial charge is 0.130 e.